The molecule has 0 fully saturated rings. The summed E-state index contributed by atoms with van der Waals surface area (Å²) in [5.41, 5.74) is 8.61. The average Bonchev–Trinajstić information content (AvgIpc) is 2.82. The molecule has 17 heavy (non-hydrogen) atoms. The molecule has 0 aliphatic carbocycles. The standard InChI is InChI=1S/C13H11N3O/c14-13(9-3-1-5-15-8-9)12-7-10-11(17-12)4-2-6-16-10/h1-8,13H,14H2. The maximum absolute atomic E-state index is 6.12. The van der Waals surface area contributed by atoms with Crippen LogP contribution in [0.2, 0.25) is 0 Å². The second-order valence-corrected chi connectivity index (χ2v) is 3.80. The van der Waals surface area contributed by atoms with Crippen molar-refractivity contribution in [2.24, 2.45) is 5.73 Å². The minimum atomic E-state index is -0.308. The van der Waals surface area contributed by atoms with E-state index in [1.54, 1.807) is 18.6 Å². The molecule has 0 saturated carbocycles. The SMILES string of the molecule is NC(c1cccnc1)c1cc2ncccc2o1. The van der Waals surface area contributed by atoms with Gasteiger partial charge in [0.05, 0.1) is 6.04 Å². The van der Waals surface area contributed by atoms with E-state index in [0.29, 0.717) is 5.76 Å². The maximum atomic E-state index is 6.12. The van der Waals surface area contributed by atoms with Crippen LogP contribution in [0.3, 0.4) is 0 Å². The first kappa shape index (κ1) is 9.99. The highest BCUT2D eigenvalue weighted by molar-refractivity contribution is 5.73. The first-order valence-corrected chi connectivity index (χ1v) is 5.34. The molecule has 0 radical (unpaired) electrons. The molecule has 0 aliphatic heterocycles. The third-order valence-electron chi connectivity index (χ3n) is 2.66. The van der Waals surface area contributed by atoms with Gasteiger partial charge >= 0.3 is 0 Å². The van der Waals surface area contributed by atoms with E-state index in [1.165, 1.54) is 0 Å². The van der Waals surface area contributed by atoms with E-state index in [2.05, 4.69) is 9.97 Å². The van der Waals surface area contributed by atoms with Crippen LogP contribution >= 0.6 is 0 Å². The third-order valence-corrected chi connectivity index (χ3v) is 2.66. The number of nitrogens with two attached hydrogens (primary N) is 1. The Morgan fingerprint density at radius 2 is 2.06 bits per heavy atom. The van der Waals surface area contributed by atoms with Crippen molar-refractivity contribution in [1.82, 2.24) is 9.97 Å². The molecule has 0 amide bonds. The van der Waals surface area contributed by atoms with E-state index in [9.17, 15) is 0 Å². The van der Waals surface area contributed by atoms with Gasteiger partial charge in [0.1, 0.15) is 11.3 Å². The van der Waals surface area contributed by atoms with Gasteiger partial charge in [-0.15, -0.1) is 0 Å². The monoisotopic (exact) mass is 225 g/mol. The second-order valence-electron chi connectivity index (χ2n) is 3.80. The molecule has 0 aliphatic rings. The molecule has 4 nitrogen and oxygen atoms in total. The Kier molecular flexibility index (Phi) is 2.34. The number of aromatic nitrogens is 2. The summed E-state index contributed by atoms with van der Waals surface area (Å²) < 4.78 is 5.67. The van der Waals surface area contributed by atoms with Crippen molar-refractivity contribution in [2.75, 3.05) is 0 Å². The smallest absolute Gasteiger partial charge is 0.152 e. The molecule has 0 spiro atoms. The fraction of sp³-hybridized carbons (Fsp3) is 0.0769. The highest BCUT2D eigenvalue weighted by atomic mass is 16.3. The number of furan rings is 1. The normalized spacial score (nSPS) is 12.8. The number of fused-ring (bicyclic) bond motifs is 1. The summed E-state index contributed by atoms with van der Waals surface area (Å²) >= 11 is 0. The zero-order chi connectivity index (χ0) is 11.7. The van der Waals surface area contributed by atoms with Crippen LogP contribution in [0.5, 0.6) is 0 Å². The summed E-state index contributed by atoms with van der Waals surface area (Å²) in [6.07, 6.45) is 5.19. The van der Waals surface area contributed by atoms with Crippen LogP contribution in [0.25, 0.3) is 11.1 Å². The minimum Gasteiger partial charge on any atom is -0.457 e. The lowest BCUT2D eigenvalue weighted by Gasteiger charge is -2.07. The molecule has 3 aromatic heterocycles. The van der Waals surface area contributed by atoms with E-state index in [-0.39, 0.29) is 6.04 Å². The minimum absolute atomic E-state index is 0.308. The van der Waals surface area contributed by atoms with Crippen molar-refractivity contribution in [3.8, 4) is 0 Å². The molecule has 1 unspecified atom stereocenters. The van der Waals surface area contributed by atoms with Crippen molar-refractivity contribution < 1.29 is 4.42 Å². The molecule has 0 aromatic carbocycles. The Hall–Kier alpha value is -2.20. The molecule has 0 saturated heterocycles. The van der Waals surface area contributed by atoms with Crippen LogP contribution in [0, 0.1) is 0 Å². The van der Waals surface area contributed by atoms with Gasteiger partial charge in [-0.3, -0.25) is 9.97 Å². The molecule has 3 rings (SSSR count). The molecule has 0 bridgehead atoms. The fourth-order valence-corrected chi connectivity index (χ4v) is 1.77. The number of hydrogen-bond acceptors (Lipinski definition) is 4. The summed E-state index contributed by atoms with van der Waals surface area (Å²) in [4.78, 5) is 8.26. The number of nitrogens with zero attached hydrogens (tertiary/aromatic N) is 2. The molecule has 3 aromatic rings. The van der Waals surface area contributed by atoms with Gasteiger partial charge in [0.2, 0.25) is 0 Å². The lowest BCUT2D eigenvalue weighted by Crippen LogP contribution is -2.10. The fourth-order valence-electron chi connectivity index (χ4n) is 1.77. The molecule has 3 heterocycles. The lowest BCUT2D eigenvalue weighted by molar-refractivity contribution is 0.524. The summed E-state index contributed by atoms with van der Waals surface area (Å²) in [6.45, 7) is 0. The zero-order valence-electron chi connectivity index (χ0n) is 9.08. The van der Waals surface area contributed by atoms with Gasteiger partial charge in [-0.25, -0.2) is 0 Å². The summed E-state index contributed by atoms with van der Waals surface area (Å²) in [5, 5.41) is 0. The molecular weight excluding hydrogens is 214 g/mol. The summed E-state index contributed by atoms with van der Waals surface area (Å²) in [7, 11) is 0. The van der Waals surface area contributed by atoms with Crippen molar-refractivity contribution in [1.29, 1.82) is 0 Å². The van der Waals surface area contributed by atoms with Crippen molar-refractivity contribution in [2.45, 2.75) is 6.04 Å². The first-order valence-electron chi connectivity index (χ1n) is 5.34. The number of rotatable bonds is 2. The summed E-state index contributed by atoms with van der Waals surface area (Å²) in [6, 6.07) is 9.06. The van der Waals surface area contributed by atoms with Crippen molar-refractivity contribution in [3.63, 3.8) is 0 Å². The van der Waals surface area contributed by atoms with Crippen molar-refractivity contribution in [3.05, 3.63) is 60.2 Å². The number of hydrogen-bond donors (Lipinski definition) is 1. The van der Waals surface area contributed by atoms with Gasteiger partial charge in [-0.2, -0.15) is 0 Å². The highest BCUT2D eigenvalue weighted by Gasteiger charge is 2.14. The zero-order valence-corrected chi connectivity index (χ0v) is 9.08. The molecule has 2 N–H and O–H groups in total. The van der Waals surface area contributed by atoms with Gasteiger partial charge < -0.3 is 10.2 Å². The van der Waals surface area contributed by atoms with Crippen LogP contribution in [0.15, 0.2) is 53.3 Å². The van der Waals surface area contributed by atoms with Gasteiger partial charge in [0, 0.05) is 24.7 Å². The predicted octanol–water partition coefficient (Wildman–Crippen LogP) is 2.27. The van der Waals surface area contributed by atoms with E-state index in [4.69, 9.17) is 10.2 Å². The maximum Gasteiger partial charge on any atom is 0.152 e. The average molecular weight is 225 g/mol. The van der Waals surface area contributed by atoms with E-state index in [1.807, 2.05) is 30.3 Å². The van der Waals surface area contributed by atoms with Crippen LogP contribution < -0.4 is 5.73 Å². The molecule has 4 heteroatoms. The van der Waals surface area contributed by atoms with Crippen molar-refractivity contribution >= 4 is 11.1 Å². The van der Waals surface area contributed by atoms with Gasteiger partial charge in [0.25, 0.3) is 0 Å². The Balaban J connectivity index is 2.04. The Labute approximate surface area is 98.1 Å². The van der Waals surface area contributed by atoms with Gasteiger partial charge in [-0.1, -0.05) is 6.07 Å². The quantitative estimate of drug-likeness (QED) is 0.726. The summed E-state index contributed by atoms with van der Waals surface area (Å²) in [5.74, 6) is 0.701. The predicted molar refractivity (Wildman–Crippen MR) is 64.3 cm³/mol. The lowest BCUT2D eigenvalue weighted by atomic mass is 10.1. The van der Waals surface area contributed by atoms with Gasteiger partial charge in [0.15, 0.2) is 5.58 Å². The first-order chi connectivity index (χ1) is 8.34. The Bertz CT molecular complexity index is 600. The third kappa shape index (κ3) is 1.79. The van der Waals surface area contributed by atoms with E-state index in [0.717, 1.165) is 16.7 Å². The highest BCUT2D eigenvalue weighted by Crippen LogP contribution is 2.24. The Morgan fingerprint density at radius 3 is 2.82 bits per heavy atom. The van der Waals surface area contributed by atoms with Crippen LogP contribution in [0.4, 0.5) is 0 Å². The van der Waals surface area contributed by atoms with E-state index < -0.39 is 0 Å². The van der Waals surface area contributed by atoms with Crippen LogP contribution in [0.1, 0.15) is 17.4 Å². The van der Waals surface area contributed by atoms with Crippen LogP contribution in [-0.4, -0.2) is 9.97 Å². The van der Waals surface area contributed by atoms with Gasteiger partial charge in [-0.05, 0) is 23.8 Å². The van der Waals surface area contributed by atoms with E-state index >= 15 is 0 Å². The topological polar surface area (TPSA) is 64.9 Å². The molecule has 1 atom stereocenters. The largest absolute Gasteiger partial charge is 0.457 e. The molecular formula is C13H11N3O. The molecule has 84 valence electrons. The Morgan fingerprint density at radius 1 is 1.18 bits per heavy atom. The second kappa shape index (κ2) is 3.99. The van der Waals surface area contributed by atoms with Crippen LogP contribution in [-0.2, 0) is 0 Å². The number of pyridine rings is 2.